The fourth-order valence-corrected chi connectivity index (χ4v) is 3.13. The van der Waals surface area contributed by atoms with E-state index in [0.29, 0.717) is 19.8 Å². The van der Waals surface area contributed by atoms with Crippen LogP contribution < -0.4 is 0 Å². The van der Waals surface area contributed by atoms with E-state index in [0.717, 1.165) is 25.7 Å². The second-order valence-electron chi connectivity index (χ2n) is 5.05. The predicted molar refractivity (Wildman–Crippen MR) is 67.2 cm³/mol. The largest absolute Gasteiger partial charge is 0.465 e. The Morgan fingerprint density at radius 1 is 1.61 bits per heavy atom. The van der Waals surface area contributed by atoms with Gasteiger partial charge < -0.3 is 14.2 Å². The van der Waals surface area contributed by atoms with Crippen LogP contribution in [0.25, 0.3) is 0 Å². The molecule has 0 radical (unpaired) electrons. The second-order valence-corrected chi connectivity index (χ2v) is 5.05. The molecule has 0 N–H and O–H groups in total. The molecule has 0 spiro atoms. The zero-order valence-corrected chi connectivity index (χ0v) is 11.0. The number of hydrogen-bond acceptors (Lipinski definition) is 4. The van der Waals surface area contributed by atoms with Gasteiger partial charge in [0.05, 0.1) is 37.4 Å². The van der Waals surface area contributed by atoms with E-state index < -0.39 is 5.41 Å². The molecule has 2 fully saturated rings. The van der Waals surface area contributed by atoms with Crippen LogP contribution in [0.3, 0.4) is 0 Å². The lowest BCUT2D eigenvalue weighted by molar-refractivity contribution is -0.157. The highest BCUT2D eigenvalue weighted by molar-refractivity contribution is 5.78. The Labute approximate surface area is 108 Å². The average molecular weight is 254 g/mol. The quantitative estimate of drug-likeness (QED) is 0.413. The van der Waals surface area contributed by atoms with Gasteiger partial charge in [-0.2, -0.15) is 0 Å². The molecule has 1 aliphatic carbocycles. The van der Waals surface area contributed by atoms with Gasteiger partial charge in [0.15, 0.2) is 0 Å². The minimum atomic E-state index is -0.405. The zero-order chi connectivity index (χ0) is 13.0. The van der Waals surface area contributed by atoms with Crippen LogP contribution in [0, 0.1) is 5.41 Å². The molecule has 0 aromatic heterocycles. The maximum Gasteiger partial charge on any atom is 0.314 e. The van der Waals surface area contributed by atoms with Crippen molar-refractivity contribution in [1.82, 2.24) is 0 Å². The maximum absolute atomic E-state index is 12.2. The van der Waals surface area contributed by atoms with Crippen molar-refractivity contribution in [2.24, 2.45) is 5.41 Å². The highest BCUT2D eigenvalue weighted by Gasteiger charge is 2.57. The van der Waals surface area contributed by atoms with Crippen LogP contribution in [-0.4, -0.2) is 38.0 Å². The third-order valence-corrected chi connectivity index (χ3v) is 3.88. The summed E-state index contributed by atoms with van der Waals surface area (Å²) in [5.74, 6) is -0.0845. The van der Waals surface area contributed by atoms with Crippen molar-refractivity contribution in [2.45, 2.75) is 44.8 Å². The summed E-state index contributed by atoms with van der Waals surface area (Å²) in [6, 6.07) is 0. The van der Waals surface area contributed by atoms with Gasteiger partial charge in [0.2, 0.25) is 0 Å². The van der Waals surface area contributed by atoms with E-state index in [-0.39, 0.29) is 18.2 Å². The first kappa shape index (κ1) is 13.6. The summed E-state index contributed by atoms with van der Waals surface area (Å²) in [5, 5.41) is 0. The smallest absolute Gasteiger partial charge is 0.314 e. The number of ether oxygens (including phenoxy) is 3. The van der Waals surface area contributed by atoms with Crippen molar-refractivity contribution in [3.05, 3.63) is 12.7 Å². The van der Waals surface area contributed by atoms with Crippen molar-refractivity contribution in [2.75, 3.05) is 19.8 Å². The Morgan fingerprint density at radius 2 is 2.44 bits per heavy atom. The zero-order valence-electron chi connectivity index (χ0n) is 11.0. The molecule has 4 heteroatoms. The number of carbonyl (C=O) groups is 1. The Hall–Kier alpha value is -0.870. The van der Waals surface area contributed by atoms with Crippen molar-refractivity contribution in [1.29, 1.82) is 0 Å². The maximum atomic E-state index is 12.2. The molecule has 0 aromatic rings. The Morgan fingerprint density at radius 3 is 3.17 bits per heavy atom. The molecule has 0 amide bonds. The van der Waals surface area contributed by atoms with Gasteiger partial charge in [-0.1, -0.05) is 6.08 Å². The van der Waals surface area contributed by atoms with Crippen molar-refractivity contribution < 1.29 is 19.0 Å². The molecule has 4 nitrogen and oxygen atoms in total. The van der Waals surface area contributed by atoms with Gasteiger partial charge in [0.1, 0.15) is 0 Å². The van der Waals surface area contributed by atoms with Crippen LogP contribution >= 0.6 is 0 Å². The SMILES string of the molecule is C=CCOC[C@@H]1C[C@]2(C(=O)OCC)CCC[C@@H]2O1. The normalized spacial score (nSPS) is 34.3. The van der Waals surface area contributed by atoms with E-state index in [1.807, 2.05) is 6.92 Å². The van der Waals surface area contributed by atoms with Gasteiger partial charge in [-0.15, -0.1) is 6.58 Å². The average Bonchev–Trinajstić information content (AvgIpc) is 2.87. The van der Waals surface area contributed by atoms with Crippen molar-refractivity contribution >= 4 is 5.97 Å². The monoisotopic (exact) mass is 254 g/mol. The molecular weight excluding hydrogens is 232 g/mol. The van der Waals surface area contributed by atoms with Crippen LogP contribution in [-0.2, 0) is 19.0 Å². The van der Waals surface area contributed by atoms with Crippen LogP contribution in [0.15, 0.2) is 12.7 Å². The first-order valence-corrected chi connectivity index (χ1v) is 6.74. The summed E-state index contributed by atoms with van der Waals surface area (Å²) < 4.78 is 16.6. The Kier molecular flexibility index (Phi) is 4.40. The van der Waals surface area contributed by atoms with Crippen molar-refractivity contribution in [3.8, 4) is 0 Å². The summed E-state index contributed by atoms with van der Waals surface area (Å²) in [5.41, 5.74) is -0.405. The summed E-state index contributed by atoms with van der Waals surface area (Å²) in [4.78, 5) is 12.2. The van der Waals surface area contributed by atoms with Gasteiger partial charge >= 0.3 is 5.97 Å². The van der Waals surface area contributed by atoms with Gasteiger partial charge in [0, 0.05) is 0 Å². The van der Waals surface area contributed by atoms with Crippen LogP contribution in [0.4, 0.5) is 0 Å². The molecule has 2 rings (SSSR count). The molecule has 1 saturated heterocycles. The molecule has 0 bridgehead atoms. The molecule has 102 valence electrons. The lowest BCUT2D eigenvalue weighted by Gasteiger charge is -2.24. The van der Waals surface area contributed by atoms with Gasteiger partial charge in [0.25, 0.3) is 0 Å². The highest BCUT2D eigenvalue weighted by atomic mass is 16.6. The lowest BCUT2D eigenvalue weighted by Crippen LogP contribution is -2.36. The topological polar surface area (TPSA) is 44.8 Å². The van der Waals surface area contributed by atoms with Crippen LogP contribution in [0.2, 0.25) is 0 Å². The van der Waals surface area contributed by atoms with E-state index >= 15 is 0 Å². The number of hydrogen-bond donors (Lipinski definition) is 0. The Bertz CT molecular complexity index is 315. The third kappa shape index (κ3) is 2.45. The number of rotatable bonds is 6. The van der Waals surface area contributed by atoms with E-state index in [4.69, 9.17) is 14.2 Å². The summed E-state index contributed by atoms with van der Waals surface area (Å²) >= 11 is 0. The summed E-state index contributed by atoms with van der Waals surface area (Å²) in [6.07, 6.45) is 5.37. The van der Waals surface area contributed by atoms with Gasteiger partial charge in [-0.05, 0) is 32.6 Å². The first-order valence-electron chi connectivity index (χ1n) is 6.74. The van der Waals surface area contributed by atoms with E-state index in [2.05, 4.69) is 6.58 Å². The molecule has 2 aliphatic rings. The van der Waals surface area contributed by atoms with E-state index in [1.165, 1.54) is 0 Å². The standard InChI is InChI=1S/C14H22O4/c1-3-8-16-10-11-9-14(13(15)17-4-2)7-5-6-12(14)18-11/h3,11-12H,1,4-10H2,2H3/t11-,12-,14+/m0/s1. The molecule has 0 aromatic carbocycles. The van der Waals surface area contributed by atoms with Gasteiger partial charge in [-0.3, -0.25) is 4.79 Å². The fraction of sp³-hybridized carbons (Fsp3) is 0.786. The number of fused-ring (bicyclic) bond motifs is 1. The minimum Gasteiger partial charge on any atom is -0.465 e. The Balaban J connectivity index is 1.96. The molecule has 3 atom stereocenters. The molecular formula is C14H22O4. The second kappa shape index (κ2) is 5.85. The predicted octanol–water partition coefficient (Wildman–Crippen LogP) is 2.08. The van der Waals surface area contributed by atoms with Crippen LogP contribution in [0.1, 0.15) is 32.6 Å². The third-order valence-electron chi connectivity index (χ3n) is 3.88. The van der Waals surface area contributed by atoms with Crippen molar-refractivity contribution in [3.63, 3.8) is 0 Å². The van der Waals surface area contributed by atoms with Gasteiger partial charge in [-0.25, -0.2) is 0 Å². The van der Waals surface area contributed by atoms with Crippen LogP contribution in [0.5, 0.6) is 0 Å². The summed E-state index contributed by atoms with van der Waals surface area (Å²) in [6.45, 7) is 6.95. The lowest BCUT2D eigenvalue weighted by atomic mass is 9.81. The van der Waals surface area contributed by atoms with E-state index in [9.17, 15) is 4.79 Å². The van der Waals surface area contributed by atoms with E-state index in [1.54, 1.807) is 6.08 Å². The fourth-order valence-electron chi connectivity index (χ4n) is 3.13. The molecule has 1 aliphatic heterocycles. The first-order chi connectivity index (χ1) is 8.73. The molecule has 18 heavy (non-hydrogen) atoms. The minimum absolute atomic E-state index is 0.0136. The summed E-state index contributed by atoms with van der Waals surface area (Å²) in [7, 11) is 0. The molecule has 1 heterocycles. The molecule has 0 unspecified atom stereocenters. The highest BCUT2D eigenvalue weighted by Crippen LogP contribution is 2.50. The number of carbonyl (C=O) groups excluding carboxylic acids is 1. The number of esters is 1. The molecule has 1 saturated carbocycles.